The van der Waals surface area contributed by atoms with Gasteiger partial charge in [-0.15, -0.1) is 0 Å². The van der Waals surface area contributed by atoms with Gasteiger partial charge in [-0.3, -0.25) is 4.99 Å². The van der Waals surface area contributed by atoms with Gasteiger partial charge in [0.2, 0.25) is 0 Å². The van der Waals surface area contributed by atoms with E-state index in [1.165, 1.54) is 11.1 Å². The quantitative estimate of drug-likeness (QED) is 0.762. The van der Waals surface area contributed by atoms with E-state index in [9.17, 15) is 13.2 Å². The van der Waals surface area contributed by atoms with Crippen LogP contribution in [0, 0.1) is 0 Å². The van der Waals surface area contributed by atoms with Crippen LogP contribution in [0.5, 0.6) is 0 Å². The van der Waals surface area contributed by atoms with Crippen LogP contribution in [0.4, 0.5) is 18.9 Å². The molecule has 0 fully saturated rings. The Hall–Kier alpha value is -2.89. The third-order valence-electron chi connectivity index (χ3n) is 3.00. The zero-order valence-corrected chi connectivity index (χ0v) is 13.6. The summed E-state index contributed by atoms with van der Waals surface area (Å²) in [6, 6.07) is 18.5. The predicted octanol–water partition coefficient (Wildman–Crippen LogP) is 5.30. The van der Waals surface area contributed by atoms with Crippen molar-refractivity contribution in [2.75, 3.05) is 0 Å². The fourth-order valence-electron chi connectivity index (χ4n) is 1.78. The van der Waals surface area contributed by atoms with Gasteiger partial charge in [0.05, 0.1) is 5.69 Å². The van der Waals surface area contributed by atoms with Crippen LogP contribution < -0.4 is 0 Å². The van der Waals surface area contributed by atoms with Crippen molar-refractivity contribution in [3.05, 3.63) is 71.8 Å². The van der Waals surface area contributed by atoms with Crippen molar-refractivity contribution < 1.29 is 23.1 Å². The number of halogens is 3. The first-order valence-electron chi connectivity index (χ1n) is 7.48. The number of carboxylic acids is 1. The van der Waals surface area contributed by atoms with Gasteiger partial charge in [-0.1, -0.05) is 61.5 Å². The first-order valence-corrected chi connectivity index (χ1v) is 7.48. The van der Waals surface area contributed by atoms with Crippen LogP contribution in [0.2, 0.25) is 0 Å². The van der Waals surface area contributed by atoms with Crippen molar-refractivity contribution in [1.82, 2.24) is 0 Å². The van der Waals surface area contributed by atoms with Crippen LogP contribution in [-0.2, 0) is 11.2 Å². The van der Waals surface area contributed by atoms with E-state index in [4.69, 9.17) is 9.90 Å². The van der Waals surface area contributed by atoms with Crippen molar-refractivity contribution in [2.45, 2.75) is 19.5 Å². The molecule has 0 spiro atoms. The second kappa shape index (κ2) is 10.1. The molecule has 1 N–H and O–H groups in total. The summed E-state index contributed by atoms with van der Waals surface area (Å²) in [5.74, 6) is -2.76. The highest BCUT2D eigenvalue weighted by atomic mass is 19.4. The number of allylic oxidation sites excluding steroid dienone is 1. The summed E-state index contributed by atoms with van der Waals surface area (Å²) in [6.45, 7) is 2.15. The highest BCUT2D eigenvalue weighted by Gasteiger charge is 2.38. The molecule has 3 nitrogen and oxygen atoms in total. The molecule has 2 aromatic rings. The molecular formula is C19H18F3NO2. The number of aliphatic imine (C=N–C) groups is 1. The Morgan fingerprint density at radius 3 is 2.20 bits per heavy atom. The molecule has 0 unspecified atom stereocenters. The fourth-order valence-corrected chi connectivity index (χ4v) is 1.78. The molecule has 0 atom stereocenters. The number of carboxylic acid groups (broad SMARTS) is 1. The number of para-hydroxylation sites is 1. The molecule has 2 rings (SSSR count). The average Bonchev–Trinajstić information content (AvgIpc) is 2.59. The van der Waals surface area contributed by atoms with E-state index < -0.39 is 12.1 Å². The van der Waals surface area contributed by atoms with Gasteiger partial charge < -0.3 is 5.11 Å². The Labute approximate surface area is 144 Å². The minimum Gasteiger partial charge on any atom is -0.475 e. The lowest BCUT2D eigenvalue weighted by Crippen LogP contribution is -2.21. The minimum absolute atomic E-state index is 1.01. The van der Waals surface area contributed by atoms with Crippen LogP contribution in [0.3, 0.4) is 0 Å². The maximum Gasteiger partial charge on any atom is 0.490 e. The second-order valence-corrected chi connectivity index (χ2v) is 4.83. The first kappa shape index (κ1) is 20.2. The number of nitrogens with zero attached hydrogens (tertiary/aromatic N) is 1. The van der Waals surface area contributed by atoms with Gasteiger partial charge in [0.1, 0.15) is 0 Å². The highest BCUT2D eigenvalue weighted by molar-refractivity contribution is 5.80. The van der Waals surface area contributed by atoms with Crippen LogP contribution in [0.15, 0.2) is 65.7 Å². The SMILES string of the molecule is CCc1ccccc1N=CC=Cc1ccccc1.O=C(O)C(F)(F)F. The Kier molecular flexibility index (Phi) is 8.12. The van der Waals surface area contributed by atoms with E-state index in [2.05, 4.69) is 42.3 Å². The lowest BCUT2D eigenvalue weighted by atomic mass is 10.1. The largest absolute Gasteiger partial charge is 0.490 e. The number of hydrogen-bond donors (Lipinski definition) is 1. The lowest BCUT2D eigenvalue weighted by molar-refractivity contribution is -0.192. The number of rotatable bonds is 4. The molecule has 0 heterocycles. The topological polar surface area (TPSA) is 49.7 Å². The lowest BCUT2D eigenvalue weighted by Gasteiger charge is -2.00. The minimum atomic E-state index is -5.08. The molecule has 0 bridgehead atoms. The summed E-state index contributed by atoms with van der Waals surface area (Å²) in [5, 5.41) is 7.12. The molecular weight excluding hydrogens is 331 g/mol. The van der Waals surface area contributed by atoms with E-state index in [1.54, 1.807) is 0 Å². The Balaban J connectivity index is 0.000000381. The zero-order valence-electron chi connectivity index (χ0n) is 13.6. The van der Waals surface area contributed by atoms with Gasteiger partial charge in [-0.25, -0.2) is 4.79 Å². The van der Waals surface area contributed by atoms with Crippen molar-refractivity contribution in [2.24, 2.45) is 4.99 Å². The Bertz CT molecular complexity index is 723. The van der Waals surface area contributed by atoms with Crippen molar-refractivity contribution >= 4 is 23.9 Å². The van der Waals surface area contributed by atoms with Crippen molar-refractivity contribution in [3.8, 4) is 0 Å². The van der Waals surface area contributed by atoms with Gasteiger partial charge >= 0.3 is 12.1 Å². The van der Waals surface area contributed by atoms with E-state index in [0.717, 1.165) is 12.1 Å². The maximum atomic E-state index is 10.6. The monoisotopic (exact) mass is 349 g/mol. The molecule has 132 valence electrons. The molecule has 0 radical (unpaired) electrons. The highest BCUT2D eigenvalue weighted by Crippen LogP contribution is 2.18. The standard InChI is InChI=1S/C17H17N.C2HF3O2/c1-2-16-12-6-7-13-17(16)18-14-8-11-15-9-4-3-5-10-15;3-2(4,5)1(6)7/h3-14H,2H2,1H3;(H,6,7). The smallest absolute Gasteiger partial charge is 0.475 e. The van der Waals surface area contributed by atoms with Gasteiger partial charge in [0, 0.05) is 6.21 Å². The third-order valence-corrected chi connectivity index (χ3v) is 3.00. The maximum absolute atomic E-state index is 10.6. The summed E-state index contributed by atoms with van der Waals surface area (Å²) in [5.41, 5.74) is 3.52. The molecule has 0 aliphatic heterocycles. The number of alkyl halides is 3. The van der Waals surface area contributed by atoms with Crippen molar-refractivity contribution in [1.29, 1.82) is 0 Å². The number of hydrogen-bond acceptors (Lipinski definition) is 2. The molecule has 0 aliphatic carbocycles. The molecule has 6 heteroatoms. The Morgan fingerprint density at radius 2 is 1.64 bits per heavy atom. The third kappa shape index (κ3) is 7.97. The normalized spacial score (nSPS) is 11.4. The predicted molar refractivity (Wildman–Crippen MR) is 93.1 cm³/mol. The summed E-state index contributed by atoms with van der Waals surface area (Å²) in [7, 11) is 0. The van der Waals surface area contributed by atoms with Crippen LogP contribution in [-0.4, -0.2) is 23.5 Å². The number of carbonyl (C=O) groups is 1. The molecule has 0 aromatic heterocycles. The van der Waals surface area contributed by atoms with Gasteiger partial charge in [0.15, 0.2) is 0 Å². The number of benzene rings is 2. The molecule has 0 aliphatic rings. The van der Waals surface area contributed by atoms with Crippen LogP contribution in [0.25, 0.3) is 6.08 Å². The first-order chi connectivity index (χ1) is 11.8. The zero-order chi connectivity index (χ0) is 18.7. The summed E-state index contributed by atoms with van der Waals surface area (Å²) >= 11 is 0. The fraction of sp³-hybridized carbons (Fsp3) is 0.158. The van der Waals surface area contributed by atoms with E-state index in [-0.39, 0.29) is 0 Å². The molecule has 25 heavy (non-hydrogen) atoms. The second-order valence-electron chi connectivity index (χ2n) is 4.83. The number of aryl methyl sites for hydroxylation is 1. The summed E-state index contributed by atoms with van der Waals surface area (Å²) < 4.78 is 31.7. The van der Waals surface area contributed by atoms with E-state index in [0.29, 0.717) is 0 Å². The van der Waals surface area contributed by atoms with Crippen LogP contribution >= 0.6 is 0 Å². The average molecular weight is 349 g/mol. The summed E-state index contributed by atoms with van der Waals surface area (Å²) in [6.07, 6.45) is 1.80. The van der Waals surface area contributed by atoms with Crippen molar-refractivity contribution in [3.63, 3.8) is 0 Å². The van der Waals surface area contributed by atoms with Gasteiger partial charge in [0.25, 0.3) is 0 Å². The number of aliphatic carboxylic acids is 1. The molecule has 2 aromatic carbocycles. The molecule has 0 saturated carbocycles. The van der Waals surface area contributed by atoms with Gasteiger partial charge in [-0.05, 0) is 29.7 Å². The summed E-state index contributed by atoms with van der Waals surface area (Å²) in [4.78, 5) is 13.4. The van der Waals surface area contributed by atoms with Gasteiger partial charge in [-0.2, -0.15) is 13.2 Å². The molecule has 0 saturated heterocycles. The van der Waals surface area contributed by atoms with E-state index >= 15 is 0 Å². The van der Waals surface area contributed by atoms with Crippen LogP contribution in [0.1, 0.15) is 18.1 Å². The Morgan fingerprint density at radius 1 is 1.08 bits per heavy atom. The molecule has 0 amide bonds. The van der Waals surface area contributed by atoms with E-state index in [1.807, 2.05) is 42.6 Å².